The molecule has 4 heteroatoms. The lowest BCUT2D eigenvalue weighted by Crippen LogP contribution is -2.40. The molecule has 4 atom stereocenters. The first-order valence-corrected chi connectivity index (χ1v) is 7.85. The molecule has 1 aliphatic rings. The van der Waals surface area contributed by atoms with E-state index in [0.717, 1.165) is 25.1 Å². The second-order valence-electron chi connectivity index (χ2n) is 6.28. The third-order valence-corrected chi connectivity index (χ3v) is 4.83. The molecule has 0 spiro atoms. The van der Waals surface area contributed by atoms with Crippen molar-refractivity contribution in [2.24, 2.45) is 11.8 Å². The molecule has 1 aromatic rings. The Labute approximate surface area is 127 Å². The lowest BCUT2D eigenvalue weighted by Gasteiger charge is -2.32. The summed E-state index contributed by atoms with van der Waals surface area (Å²) in [6.45, 7) is 6.43. The highest BCUT2D eigenvalue weighted by molar-refractivity contribution is 5.21. The molecule has 4 unspecified atom stereocenters. The second-order valence-corrected chi connectivity index (χ2v) is 6.28. The lowest BCUT2D eigenvalue weighted by molar-refractivity contribution is 0.119. The van der Waals surface area contributed by atoms with Gasteiger partial charge in [0.15, 0.2) is 0 Å². The van der Waals surface area contributed by atoms with Gasteiger partial charge in [0.2, 0.25) is 0 Å². The number of aliphatic hydroxyl groups excluding tert-OH is 1. The largest absolute Gasteiger partial charge is 0.395 e. The van der Waals surface area contributed by atoms with Crippen molar-refractivity contribution in [2.45, 2.75) is 32.4 Å². The molecular formula is C17H27FN2O. The molecule has 21 heavy (non-hydrogen) atoms. The molecule has 0 bridgehead atoms. The summed E-state index contributed by atoms with van der Waals surface area (Å²) in [6, 6.07) is 7.20. The van der Waals surface area contributed by atoms with Crippen LogP contribution in [0.25, 0.3) is 0 Å². The Balaban J connectivity index is 2.07. The fourth-order valence-electron chi connectivity index (χ4n) is 3.56. The number of hydrogen-bond acceptors (Lipinski definition) is 3. The predicted molar refractivity (Wildman–Crippen MR) is 83.6 cm³/mol. The topological polar surface area (TPSA) is 35.5 Å². The standard InChI is InChI=1S/C17H27FN2O/c1-12-8-9-20(16(12)11-21)10-13(2)17(19-3)14-6-4-5-7-15(14)18/h4-7,12-13,16-17,19,21H,8-11H2,1-3H3. The molecule has 0 radical (unpaired) electrons. The van der Waals surface area contributed by atoms with Crippen molar-refractivity contribution in [2.75, 3.05) is 26.7 Å². The lowest BCUT2D eigenvalue weighted by atomic mass is 9.93. The molecular weight excluding hydrogens is 267 g/mol. The van der Waals surface area contributed by atoms with Gasteiger partial charge in [-0.15, -0.1) is 0 Å². The zero-order valence-corrected chi connectivity index (χ0v) is 13.2. The van der Waals surface area contributed by atoms with Crippen LogP contribution in [0.2, 0.25) is 0 Å². The molecule has 0 amide bonds. The number of benzene rings is 1. The van der Waals surface area contributed by atoms with Crippen LogP contribution < -0.4 is 5.32 Å². The molecule has 1 fully saturated rings. The van der Waals surface area contributed by atoms with Crippen LogP contribution in [0.3, 0.4) is 0 Å². The highest BCUT2D eigenvalue weighted by Gasteiger charge is 2.32. The van der Waals surface area contributed by atoms with E-state index < -0.39 is 0 Å². The van der Waals surface area contributed by atoms with Crippen LogP contribution in [-0.2, 0) is 0 Å². The Bertz CT molecular complexity index is 454. The van der Waals surface area contributed by atoms with E-state index in [0.29, 0.717) is 5.92 Å². The van der Waals surface area contributed by atoms with Gasteiger partial charge in [0, 0.05) is 24.2 Å². The molecule has 3 nitrogen and oxygen atoms in total. The van der Waals surface area contributed by atoms with E-state index in [-0.39, 0.29) is 30.4 Å². The van der Waals surface area contributed by atoms with Crippen LogP contribution in [-0.4, -0.2) is 42.8 Å². The van der Waals surface area contributed by atoms with Crippen molar-refractivity contribution in [1.29, 1.82) is 0 Å². The summed E-state index contributed by atoms with van der Waals surface area (Å²) in [5.74, 6) is 0.646. The van der Waals surface area contributed by atoms with Crippen LogP contribution in [0.15, 0.2) is 24.3 Å². The fraction of sp³-hybridized carbons (Fsp3) is 0.647. The van der Waals surface area contributed by atoms with Gasteiger partial charge >= 0.3 is 0 Å². The average Bonchev–Trinajstić information content (AvgIpc) is 2.82. The number of hydrogen-bond donors (Lipinski definition) is 2. The Morgan fingerprint density at radius 2 is 2.14 bits per heavy atom. The smallest absolute Gasteiger partial charge is 0.127 e. The molecule has 1 heterocycles. The van der Waals surface area contributed by atoms with Gasteiger partial charge in [0.05, 0.1) is 6.61 Å². The summed E-state index contributed by atoms with van der Waals surface area (Å²) >= 11 is 0. The number of aliphatic hydroxyl groups is 1. The van der Waals surface area contributed by atoms with Gasteiger partial charge < -0.3 is 10.4 Å². The number of nitrogens with zero attached hydrogens (tertiary/aromatic N) is 1. The SMILES string of the molecule is CNC(c1ccccc1F)C(C)CN1CCC(C)C1CO. The first-order chi connectivity index (χ1) is 10.1. The van der Waals surface area contributed by atoms with E-state index in [1.807, 2.05) is 19.2 Å². The molecule has 2 rings (SSSR count). The highest BCUT2D eigenvalue weighted by Crippen LogP contribution is 2.29. The van der Waals surface area contributed by atoms with E-state index in [1.54, 1.807) is 6.07 Å². The van der Waals surface area contributed by atoms with Crippen molar-refractivity contribution in [3.8, 4) is 0 Å². The number of rotatable bonds is 6. The van der Waals surface area contributed by atoms with Gasteiger partial charge in [0.25, 0.3) is 0 Å². The van der Waals surface area contributed by atoms with Crippen LogP contribution in [0.4, 0.5) is 4.39 Å². The van der Waals surface area contributed by atoms with Crippen LogP contribution in [0.1, 0.15) is 31.9 Å². The summed E-state index contributed by atoms with van der Waals surface area (Å²) < 4.78 is 14.0. The normalized spacial score (nSPS) is 26.0. The van der Waals surface area contributed by atoms with Crippen molar-refractivity contribution < 1.29 is 9.50 Å². The average molecular weight is 294 g/mol. The van der Waals surface area contributed by atoms with E-state index in [9.17, 15) is 9.50 Å². The van der Waals surface area contributed by atoms with Gasteiger partial charge in [-0.3, -0.25) is 4.90 Å². The Kier molecular flexibility index (Phi) is 5.73. The van der Waals surface area contributed by atoms with E-state index in [4.69, 9.17) is 0 Å². The minimum absolute atomic E-state index is 0.0125. The van der Waals surface area contributed by atoms with Crippen LogP contribution in [0, 0.1) is 17.7 Å². The summed E-state index contributed by atoms with van der Waals surface area (Å²) in [5, 5.41) is 12.8. The molecule has 2 N–H and O–H groups in total. The minimum Gasteiger partial charge on any atom is -0.395 e. The Morgan fingerprint density at radius 1 is 1.43 bits per heavy atom. The fourth-order valence-corrected chi connectivity index (χ4v) is 3.56. The Hall–Kier alpha value is -0.970. The van der Waals surface area contributed by atoms with E-state index >= 15 is 0 Å². The van der Waals surface area contributed by atoms with Crippen molar-refractivity contribution in [3.05, 3.63) is 35.6 Å². The second kappa shape index (κ2) is 7.34. The summed E-state index contributed by atoms with van der Waals surface area (Å²) in [4.78, 5) is 2.35. The van der Waals surface area contributed by atoms with E-state index in [1.165, 1.54) is 6.07 Å². The van der Waals surface area contributed by atoms with Crippen molar-refractivity contribution >= 4 is 0 Å². The van der Waals surface area contributed by atoms with Gasteiger partial charge in [0.1, 0.15) is 5.82 Å². The number of halogens is 1. The van der Waals surface area contributed by atoms with Crippen molar-refractivity contribution in [1.82, 2.24) is 10.2 Å². The molecule has 1 saturated heterocycles. The monoisotopic (exact) mass is 294 g/mol. The van der Waals surface area contributed by atoms with Gasteiger partial charge in [-0.1, -0.05) is 32.0 Å². The molecule has 0 aliphatic carbocycles. The molecule has 0 saturated carbocycles. The maximum absolute atomic E-state index is 14.0. The minimum atomic E-state index is -0.155. The molecule has 1 aliphatic heterocycles. The van der Waals surface area contributed by atoms with Gasteiger partial charge in [-0.25, -0.2) is 4.39 Å². The molecule has 118 valence electrons. The van der Waals surface area contributed by atoms with Gasteiger partial charge in [-0.2, -0.15) is 0 Å². The third kappa shape index (κ3) is 3.62. The first kappa shape index (κ1) is 16.4. The van der Waals surface area contributed by atoms with Crippen LogP contribution >= 0.6 is 0 Å². The number of nitrogens with one attached hydrogen (secondary N) is 1. The van der Waals surface area contributed by atoms with Crippen molar-refractivity contribution in [3.63, 3.8) is 0 Å². The molecule has 0 aromatic heterocycles. The Morgan fingerprint density at radius 3 is 2.76 bits per heavy atom. The summed E-state index contributed by atoms with van der Waals surface area (Å²) in [7, 11) is 1.88. The maximum atomic E-state index is 14.0. The zero-order chi connectivity index (χ0) is 15.4. The zero-order valence-electron chi connectivity index (χ0n) is 13.2. The van der Waals surface area contributed by atoms with Gasteiger partial charge in [-0.05, 0) is 37.9 Å². The van der Waals surface area contributed by atoms with E-state index in [2.05, 4.69) is 24.1 Å². The molecule has 1 aromatic carbocycles. The highest BCUT2D eigenvalue weighted by atomic mass is 19.1. The summed E-state index contributed by atoms with van der Waals surface area (Å²) in [5.41, 5.74) is 0.722. The quantitative estimate of drug-likeness (QED) is 0.846. The predicted octanol–water partition coefficient (Wildman–Crippen LogP) is 2.43. The number of likely N-dealkylation sites (tertiary alicyclic amines) is 1. The third-order valence-electron chi connectivity index (χ3n) is 4.83. The van der Waals surface area contributed by atoms with Crippen LogP contribution in [0.5, 0.6) is 0 Å². The summed E-state index contributed by atoms with van der Waals surface area (Å²) in [6.07, 6.45) is 1.13. The first-order valence-electron chi connectivity index (χ1n) is 7.85. The maximum Gasteiger partial charge on any atom is 0.127 e.